The molecule has 17 heavy (non-hydrogen) atoms. The van der Waals surface area contributed by atoms with E-state index in [1.54, 1.807) is 0 Å². The molecule has 92 valence electrons. The molecule has 0 bridgehead atoms. The van der Waals surface area contributed by atoms with E-state index < -0.39 is 0 Å². The molecule has 1 heterocycles. The van der Waals surface area contributed by atoms with Gasteiger partial charge in [0.1, 0.15) is 5.82 Å². The highest BCUT2D eigenvalue weighted by Crippen LogP contribution is 2.15. The van der Waals surface area contributed by atoms with Crippen LogP contribution in [0.4, 0.5) is 0 Å². The van der Waals surface area contributed by atoms with Crippen LogP contribution in [0.25, 0.3) is 11.0 Å². The summed E-state index contributed by atoms with van der Waals surface area (Å²) in [4.78, 5) is 4.63. The number of hydrogen-bond donors (Lipinski definition) is 1. The van der Waals surface area contributed by atoms with E-state index in [9.17, 15) is 0 Å². The van der Waals surface area contributed by atoms with Crippen LogP contribution < -0.4 is 5.32 Å². The Morgan fingerprint density at radius 1 is 1.35 bits per heavy atom. The van der Waals surface area contributed by atoms with Crippen molar-refractivity contribution in [1.29, 1.82) is 0 Å². The van der Waals surface area contributed by atoms with Crippen LogP contribution in [0, 0.1) is 0 Å². The van der Waals surface area contributed by atoms with Gasteiger partial charge in [-0.1, -0.05) is 12.1 Å². The molecule has 1 aromatic carbocycles. The summed E-state index contributed by atoms with van der Waals surface area (Å²) in [5.74, 6) is 1.06. The van der Waals surface area contributed by atoms with Crippen molar-refractivity contribution in [2.75, 3.05) is 20.3 Å². The molecule has 0 fully saturated rings. The fourth-order valence-corrected chi connectivity index (χ4v) is 1.97. The van der Waals surface area contributed by atoms with Gasteiger partial charge in [0.15, 0.2) is 0 Å². The molecule has 1 aromatic heterocycles. The second-order valence-corrected chi connectivity index (χ2v) is 3.90. The van der Waals surface area contributed by atoms with Crippen molar-refractivity contribution in [3.05, 3.63) is 30.1 Å². The summed E-state index contributed by atoms with van der Waals surface area (Å²) in [6, 6.07) is 8.22. The van der Waals surface area contributed by atoms with E-state index in [1.807, 2.05) is 32.2 Å². The molecule has 0 amide bonds. The average molecular weight is 233 g/mol. The molecule has 0 unspecified atom stereocenters. The Bertz CT molecular complexity index is 478. The minimum Gasteiger partial charge on any atom is -0.380 e. The van der Waals surface area contributed by atoms with Crippen molar-refractivity contribution < 1.29 is 4.74 Å². The molecule has 0 saturated carbocycles. The van der Waals surface area contributed by atoms with Gasteiger partial charge in [0, 0.05) is 13.2 Å². The molecule has 0 aliphatic carbocycles. The van der Waals surface area contributed by atoms with E-state index in [4.69, 9.17) is 4.74 Å². The molecule has 2 rings (SSSR count). The highest BCUT2D eigenvalue weighted by Gasteiger charge is 2.08. The molecule has 0 radical (unpaired) electrons. The molecule has 0 spiro atoms. The van der Waals surface area contributed by atoms with E-state index in [2.05, 4.69) is 20.9 Å². The molecule has 0 atom stereocenters. The molecule has 0 aliphatic heterocycles. The summed E-state index contributed by atoms with van der Waals surface area (Å²) in [6.07, 6.45) is 0. The highest BCUT2D eigenvalue weighted by molar-refractivity contribution is 5.75. The standard InChI is InChI=1S/C13H19N3O/c1-3-17-9-8-16-12-7-5-4-6-11(12)15-13(16)10-14-2/h4-7,14H,3,8-10H2,1-2H3. The van der Waals surface area contributed by atoms with Gasteiger partial charge in [0.05, 0.1) is 24.2 Å². The van der Waals surface area contributed by atoms with E-state index >= 15 is 0 Å². The van der Waals surface area contributed by atoms with Gasteiger partial charge in [-0.3, -0.25) is 0 Å². The predicted octanol–water partition coefficient (Wildman–Crippen LogP) is 1.79. The zero-order chi connectivity index (χ0) is 12.1. The van der Waals surface area contributed by atoms with Gasteiger partial charge in [-0.15, -0.1) is 0 Å². The number of hydrogen-bond acceptors (Lipinski definition) is 3. The molecule has 0 aliphatic rings. The summed E-state index contributed by atoms with van der Waals surface area (Å²) in [5, 5.41) is 3.15. The number of para-hydroxylation sites is 2. The molecular formula is C13H19N3O. The van der Waals surface area contributed by atoms with E-state index in [0.29, 0.717) is 0 Å². The van der Waals surface area contributed by atoms with Crippen molar-refractivity contribution in [2.24, 2.45) is 0 Å². The van der Waals surface area contributed by atoms with E-state index in [0.717, 1.165) is 37.6 Å². The third-order valence-corrected chi connectivity index (χ3v) is 2.73. The highest BCUT2D eigenvalue weighted by atomic mass is 16.5. The average Bonchev–Trinajstić information content (AvgIpc) is 2.69. The van der Waals surface area contributed by atoms with Crippen molar-refractivity contribution >= 4 is 11.0 Å². The Morgan fingerprint density at radius 3 is 2.94 bits per heavy atom. The van der Waals surface area contributed by atoms with Gasteiger partial charge in [0.25, 0.3) is 0 Å². The maximum atomic E-state index is 5.42. The first-order chi connectivity index (χ1) is 8.36. The summed E-state index contributed by atoms with van der Waals surface area (Å²) in [6.45, 7) is 5.13. The minimum atomic E-state index is 0.730. The van der Waals surface area contributed by atoms with Gasteiger partial charge >= 0.3 is 0 Å². The zero-order valence-corrected chi connectivity index (χ0v) is 10.4. The van der Waals surface area contributed by atoms with Gasteiger partial charge < -0.3 is 14.6 Å². The maximum absolute atomic E-state index is 5.42. The molecule has 1 N–H and O–H groups in total. The molecule has 0 saturated heterocycles. The molecule has 4 heteroatoms. The van der Waals surface area contributed by atoms with Crippen molar-refractivity contribution in [1.82, 2.24) is 14.9 Å². The first-order valence-corrected chi connectivity index (χ1v) is 6.03. The lowest BCUT2D eigenvalue weighted by molar-refractivity contribution is 0.139. The number of nitrogens with one attached hydrogen (secondary N) is 1. The summed E-state index contributed by atoms with van der Waals surface area (Å²) < 4.78 is 7.64. The van der Waals surface area contributed by atoms with Crippen molar-refractivity contribution in [3.63, 3.8) is 0 Å². The lowest BCUT2D eigenvalue weighted by atomic mass is 10.3. The summed E-state index contributed by atoms with van der Waals surface area (Å²) in [5.41, 5.74) is 2.23. The number of rotatable bonds is 6. The second kappa shape index (κ2) is 5.80. The fourth-order valence-electron chi connectivity index (χ4n) is 1.97. The zero-order valence-electron chi connectivity index (χ0n) is 10.4. The number of imidazole rings is 1. The van der Waals surface area contributed by atoms with Gasteiger partial charge in [-0.2, -0.15) is 0 Å². The number of benzene rings is 1. The second-order valence-electron chi connectivity index (χ2n) is 3.90. The number of ether oxygens (including phenoxy) is 1. The Hall–Kier alpha value is -1.39. The first kappa shape index (κ1) is 12.1. The molecule has 4 nitrogen and oxygen atoms in total. The smallest absolute Gasteiger partial charge is 0.123 e. The topological polar surface area (TPSA) is 39.1 Å². The summed E-state index contributed by atoms with van der Waals surface area (Å²) in [7, 11) is 1.94. The largest absolute Gasteiger partial charge is 0.380 e. The van der Waals surface area contributed by atoms with Crippen LogP contribution >= 0.6 is 0 Å². The number of fused-ring (bicyclic) bond motifs is 1. The van der Waals surface area contributed by atoms with Crippen LogP contribution in [0.1, 0.15) is 12.7 Å². The lowest BCUT2D eigenvalue weighted by Gasteiger charge is -2.08. The van der Waals surface area contributed by atoms with E-state index in [-0.39, 0.29) is 0 Å². The van der Waals surface area contributed by atoms with Crippen LogP contribution in [-0.2, 0) is 17.8 Å². The van der Waals surface area contributed by atoms with Gasteiger partial charge in [-0.25, -0.2) is 4.98 Å². The predicted molar refractivity (Wildman–Crippen MR) is 69.0 cm³/mol. The Balaban J connectivity index is 2.30. The SMILES string of the molecule is CCOCCn1c(CNC)nc2ccccc21. The molecule has 2 aromatic rings. The quantitative estimate of drug-likeness (QED) is 0.773. The molecular weight excluding hydrogens is 214 g/mol. The van der Waals surface area contributed by atoms with Gasteiger partial charge in [-0.05, 0) is 26.1 Å². The van der Waals surface area contributed by atoms with Crippen LogP contribution in [0.2, 0.25) is 0 Å². The van der Waals surface area contributed by atoms with Crippen molar-refractivity contribution in [2.45, 2.75) is 20.0 Å². The number of aromatic nitrogens is 2. The normalized spacial score (nSPS) is 11.2. The number of nitrogens with zero attached hydrogens (tertiary/aromatic N) is 2. The van der Waals surface area contributed by atoms with Crippen LogP contribution in [0.15, 0.2) is 24.3 Å². The Morgan fingerprint density at radius 2 is 2.18 bits per heavy atom. The fraction of sp³-hybridized carbons (Fsp3) is 0.462. The van der Waals surface area contributed by atoms with Crippen molar-refractivity contribution in [3.8, 4) is 0 Å². The Labute approximate surface area is 102 Å². The lowest BCUT2D eigenvalue weighted by Crippen LogP contribution is -2.14. The van der Waals surface area contributed by atoms with E-state index in [1.165, 1.54) is 5.52 Å². The third-order valence-electron chi connectivity index (χ3n) is 2.73. The summed E-state index contributed by atoms with van der Waals surface area (Å²) >= 11 is 0. The van der Waals surface area contributed by atoms with Crippen LogP contribution in [0.5, 0.6) is 0 Å². The third kappa shape index (κ3) is 2.65. The maximum Gasteiger partial charge on any atom is 0.123 e. The van der Waals surface area contributed by atoms with Crippen LogP contribution in [0.3, 0.4) is 0 Å². The monoisotopic (exact) mass is 233 g/mol. The minimum absolute atomic E-state index is 0.730. The first-order valence-electron chi connectivity index (χ1n) is 6.03. The van der Waals surface area contributed by atoms with Gasteiger partial charge in [0.2, 0.25) is 0 Å². The van der Waals surface area contributed by atoms with Crippen LogP contribution in [-0.4, -0.2) is 29.8 Å². The Kier molecular flexibility index (Phi) is 4.12.